The van der Waals surface area contributed by atoms with Gasteiger partial charge in [0.2, 0.25) is 0 Å². The minimum atomic E-state index is -0.0720. The Morgan fingerprint density at radius 3 is 2.16 bits per heavy atom. The van der Waals surface area contributed by atoms with Gasteiger partial charge in [-0.25, -0.2) is 0 Å². The molecule has 0 unspecified atom stereocenters. The average Bonchev–Trinajstić information content (AvgIpc) is 2.32. The van der Waals surface area contributed by atoms with Crippen LogP contribution in [0, 0.1) is 5.41 Å². The number of nitrogens with zero attached hydrogens (tertiary/aromatic N) is 1. The molecule has 2 rings (SSSR count). The molecule has 1 heterocycles. The van der Waals surface area contributed by atoms with Crippen LogP contribution in [-0.2, 0) is 10.2 Å². The fourth-order valence-corrected chi connectivity index (χ4v) is 2.43. The van der Waals surface area contributed by atoms with Crippen molar-refractivity contribution >= 4 is 5.69 Å². The maximum absolute atomic E-state index is 9.48. The lowest BCUT2D eigenvalue weighted by atomic mass is 9.85. The van der Waals surface area contributed by atoms with Gasteiger partial charge in [0.15, 0.2) is 0 Å². The number of benzene rings is 1. The highest BCUT2D eigenvalue weighted by molar-refractivity contribution is 5.48. The molecule has 0 spiro atoms. The molecule has 0 atom stereocenters. The molecular weight excluding hydrogens is 238 g/mol. The highest BCUT2D eigenvalue weighted by Crippen LogP contribution is 2.30. The normalized spacial score (nSPS) is 17.9. The van der Waals surface area contributed by atoms with Gasteiger partial charge in [-0.2, -0.15) is 0 Å². The number of anilines is 1. The van der Waals surface area contributed by atoms with Crippen molar-refractivity contribution in [1.29, 1.82) is 0 Å². The molecule has 3 heteroatoms. The molecule has 19 heavy (non-hydrogen) atoms. The standard InChI is InChI=1S/C16H25NO2/c1-15(2,3)13-5-7-14(8-6-13)17(4)9-16(10-18)11-19-12-16/h5-8,18H,9-12H2,1-4H3. The van der Waals surface area contributed by atoms with E-state index in [2.05, 4.69) is 57.0 Å². The number of ether oxygens (including phenoxy) is 1. The topological polar surface area (TPSA) is 32.7 Å². The van der Waals surface area contributed by atoms with Crippen LogP contribution >= 0.6 is 0 Å². The first kappa shape index (κ1) is 14.4. The molecule has 1 aromatic rings. The van der Waals surface area contributed by atoms with Gasteiger partial charge in [0.25, 0.3) is 0 Å². The van der Waals surface area contributed by atoms with Crippen LogP contribution in [0.1, 0.15) is 26.3 Å². The lowest BCUT2D eigenvalue weighted by Gasteiger charge is -2.42. The maximum atomic E-state index is 9.48. The largest absolute Gasteiger partial charge is 0.396 e. The van der Waals surface area contributed by atoms with Crippen LogP contribution in [0.5, 0.6) is 0 Å². The second-order valence-corrected chi connectivity index (χ2v) is 6.80. The zero-order valence-electron chi connectivity index (χ0n) is 12.4. The summed E-state index contributed by atoms with van der Waals surface area (Å²) >= 11 is 0. The molecule has 0 radical (unpaired) electrons. The third-order valence-corrected chi connectivity index (χ3v) is 3.90. The van der Waals surface area contributed by atoms with Gasteiger partial charge in [0, 0.05) is 19.3 Å². The van der Waals surface area contributed by atoms with Crippen molar-refractivity contribution in [2.24, 2.45) is 5.41 Å². The summed E-state index contributed by atoms with van der Waals surface area (Å²) in [5.41, 5.74) is 2.64. The number of aliphatic hydroxyl groups excluding tert-OH is 1. The molecule has 1 aliphatic heterocycles. The highest BCUT2D eigenvalue weighted by Gasteiger charge is 2.39. The van der Waals surface area contributed by atoms with E-state index in [9.17, 15) is 5.11 Å². The molecule has 0 saturated carbocycles. The molecule has 1 aliphatic rings. The molecule has 1 N–H and O–H groups in total. The number of rotatable bonds is 4. The minimum Gasteiger partial charge on any atom is -0.396 e. The summed E-state index contributed by atoms with van der Waals surface area (Å²) in [6, 6.07) is 8.69. The summed E-state index contributed by atoms with van der Waals surface area (Å²) in [5.74, 6) is 0. The summed E-state index contributed by atoms with van der Waals surface area (Å²) in [6.45, 7) is 9.01. The predicted molar refractivity (Wildman–Crippen MR) is 78.7 cm³/mol. The van der Waals surface area contributed by atoms with Crippen molar-refractivity contribution in [3.05, 3.63) is 29.8 Å². The van der Waals surface area contributed by atoms with Crippen molar-refractivity contribution in [3.63, 3.8) is 0 Å². The summed E-state index contributed by atoms with van der Waals surface area (Å²) in [4.78, 5) is 2.20. The van der Waals surface area contributed by atoms with Crippen LogP contribution in [-0.4, -0.2) is 38.5 Å². The van der Waals surface area contributed by atoms with E-state index in [1.807, 2.05) is 0 Å². The predicted octanol–water partition coefficient (Wildman–Crippen LogP) is 2.43. The molecule has 0 bridgehead atoms. The Hall–Kier alpha value is -1.06. The molecule has 106 valence electrons. The first-order chi connectivity index (χ1) is 8.86. The van der Waals surface area contributed by atoms with Crippen molar-refractivity contribution < 1.29 is 9.84 Å². The van der Waals surface area contributed by atoms with Gasteiger partial charge in [-0.15, -0.1) is 0 Å². The molecule has 0 aliphatic carbocycles. The number of hydrogen-bond donors (Lipinski definition) is 1. The second-order valence-electron chi connectivity index (χ2n) is 6.80. The van der Waals surface area contributed by atoms with E-state index in [1.54, 1.807) is 0 Å². The Morgan fingerprint density at radius 1 is 1.21 bits per heavy atom. The number of hydrogen-bond acceptors (Lipinski definition) is 3. The van der Waals surface area contributed by atoms with Gasteiger partial charge < -0.3 is 14.7 Å². The van der Waals surface area contributed by atoms with Gasteiger partial charge >= 0.3 is 0 Å². The zero-order chi connectivity index (χ0) is 14.1. The average molecular weight is 263 g/mol. The van der Waals surface area contributed by atoms with Crippen LogP contribution in [0.25, 0.3) is 0 Å². The first-order valence-electron chi connectivity index (χ1n) is 6.87. The maximum Gasteiger partial charge on any atom is 0.0584 e. The van der Waals surface area contributed by atoms with Gasteiger partial charge in [0.05, 0.1) is 25.2 Å². The van der Waals surface area contributed by atoms with E-state index in [0.29, 0.717) is 13.2 Å². The molecule has 0 aromatic heterocycles. The van der Waals surface area contributed by atoms with Crippen LogP contribution in [0.2, 0.25) is 0 Å². The Morgan fingerprint density at radius 2 is 1.79 bits per heavy atom. The molecule has 1 saturated heterocycles. The fourth-order valence-electron chi connectivity index (χ4n) is 2.43. The lowest BCUT2D eigenvalue weighted by molar-refractivity contribution is -0.130. The van der Waals surface area contributed by atoms with Gasteiger partial charge in [-0.1, -0.05) is 32.9 Å². The van der Waals surface area contributed by atoms with E-state index in [1.165, 1.54) is 11.3 Å². The second kappa shape index (κ2) is 5.14. The van der Waals surface area contributed by atoms with Crippen molar-refractivity contribution in [3.8, 4) is 0 Å². The molecule has 3 nitrogen and oxygen atoms in total. The monoisotopic (exact) mass is 263 g/mol. The van der Waals surface area contributed by atoms with Gasteiger partial charge in [0.1, 0.15) is 0 Å². The Labute approximate surface area is 116 Å². The van der Waals surface area contributed by atoms with Crippen molar-refractivity contribution in [2.75, 3.05) is 38.3 Å². The number of aliphatic hydroxyl groups is 1. The fraction of sp³-hybridized carbons (Fsp3) is 0.625. The van der Waals surface area contributed by atoms with E-state index in [0.717, 1.165) is 6.54 Å². The van der Waals surface area contributed by atoms with Gasteiger partial charge in [-0.3, -0.25) is 0 Å². The van der Waals surface area contributed by atoms with E-state index in [-0.39, 0.29) is 17.4 Å². The third-order valence-electron chi connectivity index (χ3n) is 3.90. The first-order valence-corrected chi connectivity index (χ1v) is 6.87. The Kier molecular flexibility index (Phi) is 3.88. The molecule has 1 fully saturated rings. The smallest absolute Gasteiger partial charge is 0.0584 e. The van der Waals surface area contributed by atoms with Gasteiger partial charge in [-0.05, 0) is 23.1 Å². The zero-order valence-corrected chi connectivity index (χ0v) is 12.4. The third kappa shape index (κ3) is 3.10. The van der Waals surface area contributed by atoms with E-state index < -0.39 is 0 Å². The van der Waals surface area contributed by atoms with Crippen LogP contribution < -0.4 is 4.90 Å². The van der Waals surface area contributed by atoms with Crippen LogP contribution in [0.4, 0.5) is 5.69 Å². The molecule has 0 amide bonds. The summed E-state index contributed by atoms with van der Waals surface area (Å²) in [6.07, 6.45) is 0. The molecular formula is C16H25NO2. The lowest BCUT2D eigenvalue weighted by Crippen LogP contribution is -2.52. The van der Waals surface area contributed by atoms with E-state index >= 15 is 0 Å². The van der Waals surface area contributed by atoms with Crippen molar-refractivity contribution in [1.82, 2.24) is 0 Å². The SMILES string of the molecule is CN(CC1(CO)COC1)c1ccc(C(C)(C)C)cc1. The summed E-state index contributed by atoms with van der Waals surface area (Å²) in [5, 5.41) is 9.48. The summed E-state index contributed by atoms with van der Waals surface area (Å²) < 4.78 is 5.24. The quantitative estimate of drug-likeness (QED) is 0.905. The van der Waals surface area contributed by atoms with Crippen LogP contribution in [0.15, 0.2) is 24.3 Å². The van der Waals surface area contributed by atoms with Crippen molar-refractivity contribution in [2.45, 2.75) is 26.2 Å². The Balaban J connectivity index is 2.05. The molecule has 1 aromatic carbocycles. The Bertz CT molecular complexity index is 410. The summed E-state index contributed by atoms with van der Waals surface area (Å²) in [7, 11) is 2.07. The van der Waals surface area contributed by atoms with E-state index in [4.69, 9.17) is 4.74 Å². The highest BCUT2D eigenvalue weighted by atomic mass is 16.5. The van der Waals surface area contributed by atoms with Crippen LogP contribution in [0.3, 0.4) is 0 Å². The minimum absolute atomic E-state index is 0.0720.